The molecule has 4 fully saturated rings. The van der Waals surface area contributed by atoms with Gasteiger partial charge in [-0.15, -0.1) is 0 Å². The van der Waals surface area contributed by atoms with Gasteiger partial charge in [0.25, 0.3) is 6.43 Å². The number of ether oxygens (including phenoxy) is 2. The molecule has 0 spiro atoms. The highest BCUT2D eigenvalue weighted by Crippen LogP contribution is 2.62. The van der Waals surface area contributed by atoms with Crippen molar-refractivity contribution < 1.29 is 28.2 Å². The molecule has 0 aromatic heterocycles. The number of hydrogen-bond donors (Lipinski definition) is 1. The van der Waals surface area contributed by atoms with E-state index in [2.05, 4.69) is 12.2 Å². The second kappa shape index (κ2) is 4.79. The molecular weight excluding hydrogens is 318 g/mol. The van der Waals surface area contributed by atoms with Gasteiger partial charge < -0.3 is 14.6 Å². The zero-order chi connectivity index (χ0) is 16.7. The van der Waals surface area contributed by atoms with Gasteiger partial charge in [-0.25, -0.2) is 8.78 Å². The van der Waals surface area contributed by atoms with Crippen LogP contribution in [0.25, 0.3) is 0 Å². The molecule has 4 bridgehead atoms. The van der Waals surface area contributed by atoms with E-state index < -0.39 is 23.9 Å². The Morgan fingerprint density at radius 3 is 2.75 bits per heavy atom. The van der Waals surface area contributed by atoms with E-state index in [1.807, 2.05) is 0 Å². The third-order valence-corrected chi connectivity index (χ3v) is 7.15. The molecule has 3 saturated carbocycles. The van der Waals surface area contributed by atoms with E-state index >= 15 is 0 Å². The Kier molecular flexibility index (Phi) is 3.04. The minimum atomic E-state index is -3.00. The number of aliphatic hydroxyl groups is 1. The molecule has 0 aromatic carbocycles. The number of esters is 1. The molecule has 1 N–H and O–H groups in total. The van der Waals surface area contributed by atoms with Gasteiger partial charge in [-0.2, -0.15) is 0 Å². The first-order valence-electron chi connectivity index (χ1n) is 9.01. The van der Waals surface area contributed by atoms with E-state index in [0.717, 1.165) is 32.1 Å². The van der Waals surface area contributed by atoms with Gasteiger partial charge in [0, 0.05) is 5.92 Å². The fraction of sp³-hybridized carbons (Fsp3) is 0.833. The molecule has 4 aliphatic carbocycles. The van der Waals surface area contributed by atoms with Gasteiger partial charge in [-0.05, 0) is 49.9 Å². The van der Waals surface area contributed by atoms with Crippen molar-refractivity contribution in [2.24, 2.45) is 29.6 Å². The summed E-state index contributed by atoms with van der Waals surface area (Å²) < 4.78 is 38.0. The van der Waals surface area contributed by atoms with Crippen molar-refractivity contribution in [3.63, 3.8) is 0 Å². The normalized spacial score (nSPS) is 54.0. The lowest BCUT2D eigenvalue weighted by molar-refractivity contribution is -0.263. The minimum Gasteiger partial charge on any atom is -0.456 e. The largest absolute Gasteiger partial charge is 0.456 e. The minimum absolute atomic E-state index is 0.0263. The maximum atomic E-state index is 13.3. The standard InChI is InChI=1S/C18H22F2O4/c19-16(20)18(22)8-17(12-4-3-11(7-12)14(17)23-18)24-15(21)13-6-9-1-2-10(13)5-9/h1-2,9-14,16,22H,3-8H2. The van der Waals surface area contributed by atoms with Crippen LogP contribution in [0.5, 0.6) is 0 Å². The van der Waals surface area contributed by atoms with Gasteiger partial charge in [0.1, 0.15) is 11.7 Å². The topological polar surface area (TPSA) is 55.8 Å². The van der Waals surface area contributed by atoms with Crippen LogP contribution in [-0.4, -0.2) is 35.0 Å². The highest BCUT2D eigenvalue weighted by molar-refractivity contribution is 5.75. The molecule has 0 radical (unpaired) electrons. The fourth-order valence-corrected chi connectivity index (χ4v) is 6.09. The number of carbonyl (C=O) groups excluding carboxylic acids is 1. The summed E-state index contributed by atoms with van der Waals surface area (Å²) >= 11 is 0. The summed E-state index contributed by atoms with van der Waals surface area (Å²) in [7, 11) is 0. The number of hydrogen-bond acceptors (Lipinski definition) is 4. The molecule has 0 amide bonds. The van der Waals surface area contributed by atoms with Crippen molar-refractivity contribution in [2.45, 2.75) is 62.4 Å². The van der Waals surface area contributed by atoms with E-state index in [9.17, 15) is 18.7 Å². The molecule has 132 valence electrons. The number of halogens is 2. The fourth-order valence-electron chi connectivity index (χ4n) is 6.09. The van der Waals surface area contributed by atoms with Gasteiger partial charge in [0.2, 0.25) is 5.79 Å². The maximum absolute atomic E-state index is 13.3. The molecule has 5 rings (SSSR count). The van der Waals surface area contributed by atoms with E-state index in [-0.39, 0.29) is 36.1 Å². The molecular formula is C18H22F2O4. The van der Waals surface area contributed by atoms with Crippen LogP contribution in [-0.2, 0) is 14.3 Å². The Labute approximate surface area is 139 Å². The average Bonchev–Trinajstić information content (AvgIpc) is 3.31. The van der Waals surface area contributed by atoms with E-state index in [1.54, 1.807) is 0 Å². The van der Waals surface area contributed by atoms with Crippen molar-refractivity contribution >= 4 is 5.97 Å². The molecule has 8 atom stereocenters. The van der Waals surface area contributed by atoms with Crippen LogP contribution in [0.2, 0.25) is 0 Å². The predicted octanol–water partition coefficient (Wildman–Crippen LogP) is 2.65. The SMILES string of the molecule is O=C(OC12CC(O)(C(F)F)OC1C1CCC2C1)C1CC2C=CC1C2. The number of rotatable bonds is 3. The molecule has 1 aliphatic heterocycles. The van der Waals surface area contributed by atoms with Crippen molar-refractivity contribution in [1.29, 1.82) is 0 Å². The Morgan fingerprint density at radius 2 is 2.08 bits per heavy atom. The van der Waals surface area contributed by atoms with Crippen LogP contribution in [0.4, 0.5) is 8.78 Å². The second-order valence-corrected chi connectivity index (χ2v) is 8.39. The summed E-state index contributed by atoms with van der Waals surface area (Å²) in [6.07, 6.45) is 4.71. The first-order valence-corrected chi connectivity index (χ1v) is 9.01. The van der Waals surface area contributed by atoms with Crippen LogP contribution >= 0.6 is 0 Å². The quantitative estimate of drug-likeness (QED) is 0.634. The first-order chi connectivity index (χ1) is 11.4. The molecule has 1 saturated heterocycles. The summed E-state index contributed by atoms with van der Waals surface area (Å²) in [5.41, 5.74) is -1.06. The van der Waals surface area contributed by atoms with Gasteiger partial charge >= 0.3 is 5.97 Å². The monoisotopic (exact) mass is 340 g/mol. The van der Waals surface area contributed by atoms with Crippen LogP contribution < -0.4 is 0 Å². The third-order valence-electron chi connectivity index (χ3n) is 7.15. The molecule has 1 heterocycles. The van der Waals surface area contributed by atoms with Crippen LogP contribution in [0.3, 0.4) is 0 Å². The molecule has 4 nitrogen and oxygen atoms in total. The highest BCUT2D eigenvalue weighted by atomic mass is 19.3. The second-order valence-electron chi connectivity index (χ2n) is 8.39. The van der Waals surface area contributed by atoms with Gasteiger partial charge in [0.15, 0.2) is 0 Å². The van der Waals surface area contributed by atoms with Crippen LogP contribution in [0.1, 0.15) is 38.5 Å². The first kappa shape index (κ1) is 15.3. The smallest absolute Gasteiger partial charge is 0.310 e. The van der Waals surface area contributed by atoms with Gasteiger partial charge in [-0.1, -0.05) is 12.2 Å². The maximum Gasteiger partial charge on any atom is 0.310 e. The summed E-state index contributed by atoms with van der Waals surface area (Å²) in [4.78, 5) is 12.8. The lowest BCUT2D eigenvalue weighted by atomic mass is 9.79. The van der Waals surface area contributed by atoms with E-state index in [0.29, 0.717) is 5.92 Å². The van der Waals surface area contributed by atoms with Crippen molar-refractivity contribution in [3.8, 4) is 0 Å². The van der Waals surface area contributed by atoms with Gasteiger partial charge in [-0.3, -0.25) is 4.79 Å². The lowest BCUT2D eigenvalue weighted by Crippen LogP contribution is -2.49. The molecule has 0 aromatic rings. The molecule has 24 heavy (non-hydrogen) atoms. The average molecular weight is 340 g/mol. The Bertz CT molecular complexity index is 608. The Hall–Kier alpha value is -1.01. The van der Waals surface area contributed by atoms with Crippen molar-refractivity contribution in [1.82, 2.24) is 0 Å². The van der Waals surface area contributed by atoms with Crippen molar-refractivity contribution in [3.05, 3.63) is 12.2 Å². The van der Waals surface area contributed by atoms with Crippen LogP contribution in [0.15, 0.2) is 12.2 Å². The number of fused-ring (bicyclic) bond motifs is 7. The molecule has 5 aliphatic rings. The zero-order valence-corrected chi connectivity index (χ0v) is 13.4. The third kappa shape index (κ3) is 1.87. The van der Waals surface area contributed by atoms with E-state index in [4.69, 9.17) is 9.47 Å². The summed E-state index contributed by atoms with van der Waals surface area (Å²) in [5.74, 6) is -2.15. The lowest BCUT2D eigenvalue weighted by Gasteiger charge is -2.38. The Balaban J connectivity index is 1.42. The number of alkyl halides is 2. The highest BCUT2D eigenvalue weighted by Gasteiger charge is 2.72. The molecule has 6 heteroatoms. The van der Waals surface area contributed by atoms with Gasteiger partial charge in [0.05, 0.1) is 12.3 Å². The van der Waals surface area contributed by atoms with Crippen LogP contribution in [0, 0.1) is 29.6 Å². The zero-order valence-electron chi connectivity index (χ0n) is 13.4. The summed E-state index contributed by atoms with van der Waals surface area (Å²) in [6, 6.07) is 0. The number of allylic oxidation sites excluding steroid dienone is 2. The predicted molar refractivity (Wildman–Crippen MR) is 78.9 cm³/mol. The Morgan fingerprint density at radius 1 is 1.25 bits per heavy atom. The van der Waals surface area contributed by atoms with E-state index in [1.165, 1.54) is 0 Å². The number of carbonyl (C=O) groups is 1. The summed E-state index contributed by atoms with van der Waals surface area (Å²) in [5, 5.41) is 10.2. The summed E-state index contributed by atoms with van der Waals surface area (Å²) in [6.45, 7) is 0. The molecule has 8 unspecified atom stereocenters. The van der Waals surface area contributed by atoms with Crippen molar-refractivity contribution in [2.75, 3.05) is 0 Å².